The van der Waals surface area contributed by atoms with Crippen LogP contribution in [-0.2, 0) is 23.9 Å². The third-order valence-corrected chi connectivity index (χ3v) is 4.31. The van der Waals surface area contributed by atoms with E-state index in [1.165, 1.54) is 0 Å². The zero-order valence-electron chi connectivity index (χ0n) is 16.7. The van der Waals surface area contributed by atoms with E-state index in [2.05, 4.69) is 13.8 Å². The SMILES string of the molecule is CCCCCCCOC(=O)C[C@@](O)(C(C)=O)C(=O)OCCCCCCC. The maximum atomic E-state index is 12.1. The lowest BCUT2D eigenvalue weighted by Crippen LogP contribution is -2.48. The number of carbonyl (C=O) groups is 3. The highest BCUT2D eigenvalue weighted by atomic mass is 16.6. The minimum absolute atomic E-state index is 0.130. The van der Waals surface area contributed by atoms with Crippen LogP contribution in [0.4, 0.5) is 0 Å². The van der Waals surface area contributed by atoms with Gasteiger partial charge in [-0.2, -0.15) is 0 Å². The van der Waals surface area contributed by atoms with Crippen molar-refractivity contribution in [2.24, 2.45) is 0 Å². The molecule has 0 aromatic carbocycles. The van der Waals surface area contributed by atoms with E-state index < -0.39 is 29.7 Å². The molecule has 0 bridgehead atoms. The average molecular weight is 373 g/mol. The second kappa shape index (κ2) is 14.7. The van der Waals surface area contributed by atoms with Gasteiger partial charge in [-0.15, -0.1) is 0 Å². The van der Waals surface area contributed by atoms with E-state index in [9.17, 15) is 19.5 Å². The van der Waals surface area contributed by atoms with E-state index in [0.717, 1.165) is 64.7 Å². The molecule has 26 heavy (non-hydrogen) atoms. The van der Waals surface area contributed by atoms with Crippen LogP contribution < -0.4 is 0 Å². The fraction of sp³-hybridized carbons (Fsp3) is 0.850. The van der Waals surface area contributed by atoms with Gasteiger partial charge in [0.2, 0.25) is 5.60 Å². The Kier molecular flexibility index (Phi) is 13.9. The zero-order valence-corrected chi connectivity index (χ0v) is 16.7. The standard InChI is InChI=1S/C20H36O6/c1-4-6-8-10-12-14-25-18(22)16-20(24,17(3)21)19(23)26-15-13-11-9-7-5-2/h24H,4-16H2,1-3H3/t20-/m1/s1. The number of carbonyl (C=O) groups excluding carboxylic acids is 3. The van der Waals surface area contributed by atoms with Gasteiger partial charge >= 0.3 is 11.9 Å². The monoisotopic (exact) mass is 372 g/mol. The predicted molar refractivity (Wildman–Crippen MR) is 99.7 cm³/mol. The fourth-order valence-electron chi connectivity index (χ4n) is 2.48. The molecular weight excluding hydrogens is 336 g/mol. The van der Waals surface area contributed by atoms with Crippen LogP contribution in [0.25, 0.3) is 0 Å². The van der Waals surface area contributed by atoms with Crippen LogP contribution in [-0.4, -0.2) is 41.6 Å². The second-order valence-corrected chi connectivity index (χ2v) is 6.78. The third kappa shape index (κ3) is 10.5. The molecule has 0 rings (SSSR count). The van der Waals surface area contributed by atoms with Crippen molar-refractivity contribution in [1.82, 2.24) is 0 Å². The molecule has 0 aromatic heterocycles. The smallest absolute Gasteiger partial charge is 0.346 e. The number of rotatable bonds is 16. The number of esters is 2. The maximum Gasteiger partial charge on any atom is 0.346 e. The van der Waals surface area contributed by atoms with Crippen molar-refractivity contribution in [3.05, 3.63) is 0 Å². The van der Waals surface area contributed by atoms with Crippen molar-refractivity contribution in [1.29, 1.82) is 0 Å². The molecule has 1 atom stereocenters. The fourth-order valence-corrected chi connectivity index (χ4v) is 2.48. The van der Waals surface area contributed by atoms with Crippen LogP contribution in [0, 0.1) is 0 Å². The first-order valence-corrected chi connectivity index (χ1v) is 9.94. The number of unbranched alkanes of at least 4 members (excludes halogenated alkanes) is 8. The number of hydrogen-bond donors (Lipinski definition) is 1. The maximum absolute atomic E-state index is 12.1. The Morgan fingerprint density at radius 3 is 1.69 bits per heavy atom. The van der Waals surface area contributed by atoms with Gasteiger partial charge in [-0.1, -0.05) is 65.2 Å². The lowest BCUT2D eigenvalue weighted by atomic mass is 9.95. The molecule has 0 aliphatic carbocycles. The Hall–Kier alpha value is -1.43. The van der Waals surface area contributed by atoms with Gasteiger partial charge < -0.3 is 14.6 Å². The first-order chi connectivity index (χ1) is 12.4. The first kappa shape index (κ1) is 24.6. The molecule has 0 aliphatic heterocycles. The van der Waals surface area contributed by atoms with E-state index in [0.29, 0.717) is 6.42 Å². The lowest BCUT2D eigenvalue weighted by molar-refractivity contribution is -0.176. The summed E-state index contributed by atoms with van der Waals surface area (Å²) in [6.07, 6.45) is 9.21. The molecule has 1 N–H and O–H groups in total. The molecule has 0 amide bonds. The van der Waals surface area contributed by atoms with Gasteiger partial charge in [0.15, 0.2) is 5.78 Å². The van der Waals surface area contributed by atoms with Crippen LogP contribution in [0.15, 0.2) is 0 Å². The highest BCUT2D eigenvalue weighted by Crippen LogP contribution is 2.16. The molecule has 6 nitrogen and oxygen atoms in total. The van der Waals surface area contributed by atoms with E-state index in [4.69, 9.17) is 9.47 Å². The van der Waals surface area contributed by atoms with Crippen molar-refractivity contribution in [3.8, 4) is 0 Å². The van der Waals surface area contributed by atoms with Crippen molar-refractivity contribution in [3.63, 3.8) is 0 Å². The van der Waals surface area contributed by atoms with Gasteiger partial charge in [0.1, 0.15) is 0 Å². The Bertz CT molecular complexity index is 421. The van der Waals surface area contributed by atoms with Crippen molar-refractivity contribution in [2.75, 3.05) is 13.2 Å². The van der Waals surface area contributed by atoms with Gasteiger partial charge in [0, 0.05) is 0 Å². The molecule has 0 saturated carbocycles. The van der Waals surface area contributed by atoms with E-state index in [1.807, 2.05) is 0 Å². The van der Waals surface area contributed by atoms with Crippen LogP contribution in [0.1, 0.15) is 91.4 Å². The Morgan fingerprint density at radius 2 is 1.23 bits per heavy atom. The highest BCUT2D eigenvalue weighted by molar-refractivity contribution is 6.08. The number of Topliss-reactive ketones (excluding diaryl/α,β-unsaturated/α-hetero) is 1. The minimum atomic E-state index is -2.46. The molecule has 0 fully saturated rings. The van der Waals surface area contributed by atoms with Crippen molar-refractivity contribution in [2.45, 2.75) is 97.0 Å². The molecule has 6 heteroatoms. The number of aliphatic hydroxyl groups is 1. The quantitative estimate of drug-likeness (QED) is 0.252. The molecule has 0 spiro atoms. The molecule has 0 radical (unpaired) electrons. The Labute approximate surface area is 157 Å². The predicted octanol–water partition coefficient (Wildman–Crippen LogP) is 3.72. The average Bonchev–Trinajstić information content (AvgIpc) is 2.60. The molecule has 0 saturated heterocycles. The minimum Gasteiger partial charge on any atom is -0.466 e. The van der Waals surface area contributed by atoms with Gasteiger partial charge in [-0.25, -0.2) is 4.79 Å². The highest BCUT2D eigenvalue weighted by Gasteiger charge is 2.45. The summed E-state index contributed by atoms with van der Waals surface area (Å²) >= 11 is 0. The summed E-state index contributed by atoms with van der Waals surface area (Å²) in [6, 6.07) is 0. The van der Waals surface area contributed by atoms with Gasteiger partial charge in [-0.05, 0) is 19.8 Å². The summed E-state index contributed by atoms with van der Waals surface area (Å²) in [5, 5.41) is 10.3. The summed E-state index contributed by atoms with van der Waals surface area (Å²) in [6.45, 7) is 5.65. The topological polar surface area (TPSA) is 89.9 Å². The van der Waals surface area contributed by atoms with E-state index >= 15 is 0 Å². The van der Waals surface area contributed by atoms with Crippen LogP contribution in [0.2, 0.25) is 0 Å². The van der Waals surface area contributed by atoms with E-state index in [1.54, 1.807) is 0 Å². The Morgan fingerprint density at radius 1 is 0.769 bits per heavy atom. The molecule has 152 valence electrons. The number of hydrogen-bond acceptors (Lipinski definition) is 6. The van der Waals surface area contributed by atoms with E-state index in [-0.39, 0.29) is 13.2 Å². The summed E-state index contributed by atoms with van der Waals surface area (Å²) in [5.41, 5.74) is -2.46. The van der Waals surface area contributed by atoms with Crippen LogP contribution in [0.3, 0.4) is 0 Å². The first-order valence-electron chi connectivity index (χ1n) is 9.94. The largest absolute Gasteiger partial charge is 0.466 e. The zero-order chi connectivity index (χ0) is 19.8. The second-order valence-electron chi connectivity index (χ2n) is 6.78. The summed E-state index contributed by atoms with van der Waals surface area (Å²) in [5.74, 6) is -2.65. The molecule has 0 aromatic rings. The van der Waals surface area contributed by atoms with Crippen molar-refractivity contribution < 1.29 is 29.0 Å². The van der Waals surface area contributed by atoms with Crippen LogP contribution >= 0.6 is 0 Å². The summed E-state index contributed by atoms with van der Waals surface area (Å²) < 4.78 is 10.0. The number of ketones is 1. The van der Waals surface area contributed by atoms with Gasteiger partial charge in [0.25, 0.3) is 0 Å². The van der Waals surface area contributed by atoms with Gasteiger partial charge in [0.05, 0.1) is 19.6 Å². The summed E-state index contributed by atoms with van der Waals surface area (Å²) in [4.78, 5) is 35.6. The molecule has 0 unspecified atom stereocenters. The third-order valence-electron chi connectivity index (χ3n) is 4.31. The normalized spacial score (nSPS) is 13.1. The summed E-state index contributed by atoms with van der Waals surface area (Å²) in [7, 11) is 0. The Balaban J connectivity index is 4.25. The lowest BCUT2D eigenvalue weighted by Gasteiger charge is -2.22. The number of ether oxygens (including phenoxy) is 2. The molecule has 0 aliphatic rings. The molecule has 0 heterocycles. The van der Waals surface area contributed by atoms with Crippen LogP contribution in [0.5, 0.6) is 0 Å². The van der Waals surface area contributed by atoms with Gasteiger partial charge in [-0.3, -0.25) is 9.59 Å². The van der Waals surface area contributed by atoms with Crippen molar-refractivity contribution >= 4 is 17.7 Å². The molecular formula is C20H36O6.